The van der Waals surface area contributed by atoms with Gasteiger partial charge in [0.05, 0.1) is 18.3 Å². The van der Waals surface area contributed by atoms with Crippen LogP contribution >= 0.6 is 0 Å². The van der Waals surface area contributed by atoms with Gasteiger partial charge in [0.2, 0.25) is 5.91 Å². The van der Waals surface area contributed by atoms with E-state index in [1.165, 1.54) is 14.0 Å². The summed E-state index contributed by atoms with van der Waals surface area (Å²) in [6.45, 7) is 1.36. The molecule has 1 N–H and O–H groups in total. The van der Waals surface area contributed by atoms with Crippen molar-refractivity contribution in [1.29, 1.82) is 0 Å². The molecule has 0 saturated heterocycles. The van der Waals surface area contributed by atoms with Crippen LogP contribution in [0.5, 0.6) is 6.08 Å². The summed E-state index contributed by atoms with van der Waals surface area (Å²) in [5.41, 5.74) is 0.180. The summed E-state index contributed by atoms with van der Waals surface area (Å²) in [5.74, 6) is -0.271. The van der Waals surface area contributed by atoms with Crippen LogP contribution in [0.15, 0.2) is 27.4 Å². The normalized spacial score (nSPS) is 10.2. The molecule has 88 valence electrons. The average molecular weight is 234 g/mol. The van der Waals surface area contributed by atoms with Crippen LogP contribution < -0.4 is 15.7 Å². The maximum absolute atomic E-state index is 11.7. The highest BCUT2D eigenvalue weighted by atomic mass is 16.6. The molecule has 6 heteroatoms. The quantitative estimate of drug-likeness (QED) is 0.843. The first-order chi connectivity index (χ1) is 8.11. The smallest absolute Gasteiger partial charge is 0.396 e. The van der Waals surface area contributed by atoms with E-state index in [2.05, 4.69) is 10.3 Å². The number of fused-ring (bicyclic) bond motifs is 1. The van der Waals surface area contributed by atoms with E-state index in [4.69, 9.17) is 9.15 Å². The summed E-state index contributed by atoms with van der Waals surface area (Å²) >= 11 is 0. The molecule has 6 nitrogen and oxygen atoms in total. The number of rotatable bonds is 2. The molecule has 1 heterocycles. The lowest BCUT2D eigenvalue weighted by atomic mass is 10.2. The number of hydrogen-bond donors (Lipinski definition) is 1. The Kier molecular flexibility index (Phi) is 2.78. The molecule has 0 spiro atoms. The van der Waals surface area contributed by atoms with Gasteiger partial charge in [0.15, 0.2) is 0 Å². The van der Waals surface area contributed by atoms with Crippen LogP contribution in [-0.4, -0.2) is 18.0 Å². The van der Waals surface area contributed by atoms with Gasteiger partial charge in [-0.05, 0) is 12.1 Å². The monoisotopic (exact) mass is 234 g/mol. The summed E-state index contributed by atoms with van der Waals surface area (Å²) in [6.07, 6.45) is -0.109. The highest BCUT2D eigenvalue weighted by Crippen LogP contribution is 2.20. The van der Waals surface area contributed by atoms with E-state index in [1.54, 1.807) is 18.2 Å². The van der Waals surface area contributed by atoms with Crippen molar-refractivity contribution in [3.63, 3.8) is 0 Å². The van der Waals surface area contributed by atoms with Crippen molar-refractivity contribution in [3.05, 3.63) is 28.6 Å². The summed E-state index contributed by atoms with van der Waals surface area (Å²) in [5, 5.41) is 2.77. The molecule has 0 fully saturated rings. The highest BCUT2D eigenvalue weighted by molar-refractivity contribution is 5.99. The van der Waals surface area contributed by atoms with Crippen molar-refractivity contribution in [2.75, 3.05) is 12.4 Å². The predicted octanol–water partition coefficient (Wildman–Crippen LogP) is 1.15. The number of anilines is 1. The lowest BCUT2D eigenvalue weighted by Crippen LogP contribution is -2.11. The van der Waals surface area contributed by atoms with Gasteiger partial charge in [-0.15, -0.1) is 0 Å². The summed E-state index contributed by atoms with van der Waals surface area (Å²) < 4.78 is 9.58. The topological polar surface area (TPSA) is 81.4 Å². The first kappa shape index (κ1) is 11.1. The molecule has 0 atom stereocenters. The minimum absolute atomic E-state index is 0.109. The van der Waals surface area contributed by atoms with Crippen molar-refractivity contribution in [3.8, 4) is 6.08 Å². The Balaban J connectivity index is 2.72. The van der Waals surface area contributed by atoms with Crippen LogP contribution in [0.4, 0.5) is 5.69 Å². The molecule has 0 saturated carbocycles. The molecule has 0 aliphatic heterocycles. The highest BCUT2D eigenvalue weighted by Gasteiger charge is 2.11. The average Bonchev–Trinajstić information content (AvgIpc) is 2.27. The van der Waals surface area contributed by atoms with Crippen LogP contribution in [0.25, 0.3) is 10.9 Å². The predicted molar refractivity (Wildman–Crippen MR) is 61.1 cm³/mol. The Morgan fingerprint density at radius 2 is 2.24 bits per heavy atom. The zero-order chi connectivity index (χ0) is 12.4. The van der Waals surface area contributed by atoms with Crippen molar-refractivity contribution >= 4 is 22.5 Å². The summed E-state index contributed by atoms with van der Waals surface area (Å²) in [4.78, 5) is 26.7. The molecule has 0 aliphatic carbocycles. The number of nitrogens with zero attached hydrogens (tertiary/aromatic N) is 1. The van der Waals surface area contributed by atoms with Crippen LogP contribution in [0.1, 0.15) is 6.92 Å². The van der Waals surface area contributed by atoms with Gasteiger partial charge in [0.25, 0.3) is 0 Å². The van der Waals surface area contributed by atoms with Gasteiger partial charge in [0.1, 0.15) is 5.39 Å². The maximum atomic E-state index is 11.7. The van der Waals surface area contributed by atoms with Crippen LogP contribution in [-0.2, 0) is 4.79 Å². The number of carbonyl (C=O) groups is 1. The molecule has 1 aromatic carbocycles. The zero-order valence-corrected chi connectivity index (χ0v) is 9.31. The van der Waals surface area contributed by atoms with Crippen LogP contribution in [0.2, 0.25) is 0 Å². The lowest BCUT2D eigenvalue weighted by Gasteiger charge is -2.05. The number of amides is 1. The molecule has 1 amide bonds. The van der Waals surface area contributed by atoms with Gasteiger partial charge in [-0.2, -0.15) is 4.98 Å². The Bertz CT molecular complexity index is 633. The first-order valence-electron chi connectivity index (χ1n) is 4.87. The molecule has 2 aromatic rings. The van der Waals surface area contributed by atoms with Gasteiger partial charge >= 0.3 is 11.7 Å². The lowest BCUT2D eigenvalue weighted by molar-refractivity contribution is -0.114. The number of methoxy groups -OCH3 is 1. The molecule has 17 heavy (non-hydrogen) atoms. The van der Waals surface area contributed by atoms with E-state index in [1.807, 2.05) is 0 Å². The Hall–Kier alpha value is -2.37. The van der Waals surface area contributed by atoms with E-state index >= 15 is 0 Å². The second kappa shape index (κ2) is 4.25. The molecule has 2 rings (SSSR count). The van der Waals surface area contributed by atoms with Gasteiger partial charge in [-0.3, -0.25) is 4.79 Å². The van der Waals surface area contributed by atoms with E-state index in [9.17, 15) is 9.59 Å². The Labute approximate surface area is 96.2 Å². The van der Waals surface area contributed by atoms with Crippen LogP contribution in [0.3, 0.4) is 0 Å². The minimum atomic E-state index is -0.601. The second-order valence-electron chi connectivity index (χ2n) is 3.35. The second-order valence-corrected chi connectivity index (χ2v) is 3.35. The number of benzene rings is 1. The standard InChI is InChI=1S/C11H10N2O4/c1-6(14)12-7-4-3-5-8-9(7)10(15)17-11(13-8)16-2/h3-5H,1-2H3,(H,12,14). The molecular weight excluding hydrogens is 224 g/mol. The fourth-order valence-electron chi connectivity index (χ4n) is 1.48. The van der Waals surface area contributed by atoms with Gasteiger partial charge in [0, 0.05) is 6.92 Å². The van der Waals surface area contributed by atoms with Crippen LogP contribution in [0, 0.1) is 0 Å². The van der Waals surface area contributed by atoms with E-state index in [0.717, 1.165) is 0 Å². The van der Waals surface area contributed by atoms with Crippen molar-refractivity contribution < 1.29 is 13.9 Å². The van der Waals surface area contributed by atoms with E-state index in [-0.39, 0.29) is 17.4 Å². The Morgan fingerprint density at radius 1 is 1.47 bits per heavy atom. The molecular formula is C11H10N2O4. The molecule has 0 bridgehead atoms. The fourth-order valence-corrected chi connectivity index (χ4v) is 1.48. The molecule has 0 radical (unpaired) electrons. The Morgan fingerprint density at radius 3 is 2.88 bits per heavy atom. The SMILES string of the molecule is COc1nc2cccc(NC(C)=O)c2c(=O)o1. The summed E-state index contributed by atoms with van der Waals surface area (Å²) in [6, 6.07) is 4.92. The minimum Gasteiger partial charge on any atom is -0.453 e. The van der Waals surface area contributed by atoms with E-state index in [0.29, 0.717) is 11.2 Å². The van der Waals surface area contributed by atoms with Gasteiger partial charge < -0.3 is 14.5 Å². The van der Waals surface area contributed by atoms with E-state index < -0.39 is 5.63 Å². The summed E-state index contributed by atoms with van der Waals surface area (Å²) in [7, 11) is 1.36. The maximum Gasteiger partial charge on any atom is 0.396 e. The largest absolute Gasteiger partial charge is 0.453 e. The third kappa shape index (κ3) is 2.10. The number of nitrogens with one attached hydrogen (secondary N) is 1. The number of hydrogen-bond acceptors (Lipinski definition) is 5. The van der Waals surface area contributed by atoms with Crippen molar-refractivity contribution in [2.24, 2.45) is 0 Å². The zero-order valence-electron chi connectivity index (χ0n) is 9.31. The molecule has 0 aliphatic rings. The number of aromatic nitrogens is 1. The van der Waals surface area contributed by atoms with Gasteiger partial charge in [-0.1, -0.05) is 6.07 Å². The number of ether oxygens (including phenoxy) is 1. The third-order valence-electron chi connectivity index (χ3n) is 2.12. The first-order valence-corrected chi connectivity index (χ1v) is 4.87. The third-order valence-corrected chi connectivity index (χ3v) is 2.12. The number of carbonyl (C=O) groups excluding carboxylic acids is 1. The van der Waals surface area contributed by atoms with Gasteiger partial charge in [-0.25, -0.2) is 4.79 Å². The van der Waals surface area contributed by atoms with Crippen molar-refractivity contribution in [1.82, 2.24) is 4.98 Å². The molecule has 0 unspecified atom stereocenters. The van der Waals surface area contributed by atoms with Crippen molar-refractivity contribution in [2.45, 2.75) is 6.92 Å². The fraction of sp³-hybridized carbons (Fsp3) is 0.182. The molecule has 1 aromatic heterocycles.